The summed E-state index contributed by atoms with van der Waals surface area (Å²) < 4.78 is 46.4. The van der Waals surface area contributed by atoms with Gasteiger partial charge in [0.05, 0.1) is 23.6 Å². The largest absolute Gasteiger partial charge is 0.418 e. The van der Waals surface area contributed by atoms with E-state index in [0.717, 1.165) is 23.4 Å². The van der Waals surface area contributed by atoms with E-state index in [1.54, 1.807) is 7.11 Å². The summed E-state index contributed by atoms with van der Waals surface area (Å²) in [6, 6.07) is 14.6. The third-order valence-electron chi connectivity index (χ3n) is 4.36. The van der Waals surface area contributed by atoms with Crippen LogP contribution in [0.2, 0.25) is 0 Å². The zero-order valence-corrected chi connectivity index (χ0v) is 17.5. The second kappa shape index (κ2) is 10.5. The van der Waals surface area contributed by atoms with Gasteiger partial charge in [0.1, 0.15) is 5.82 Å². The Kier molecular flexibility index (Phi) is 7.69. The second-order valence-corrected chi connectivity index (χ2v) is 7.53. The molecule has 1 amide bonds. The first-order chi connectivity index (χ1) is 14.9. The van der Waals surface area contributed by atoms with Crippen molar-refractivity contribution in [2.45, 2.75) is 24.3 Å². The molecule has 0 saturated carbocycles. The molecule has 0 aliphatic heterocycles. The number of benzene rings is 2. The van der Waals surface area contributed by atoms with Crippen molar-refractivity contribution < 1.29 is 22.7 Å². The number of aromatic nitrogens is 3. The van der Waals surface area contributed by atoms with E-state index in [1.165, 1.54) is 18.2 Å². The lowest BCUT2D eigenvalue weighted by atomic mass is 10.1. The van der Waals surface area contributed by atoms with Crippen LogP contribution in [0.5, 0.6) is 0 Å². The molecule has 0 radical (unpaired) electrons. The van der Waals surface area contributed by atoms with Crippen molar-refractivity contribution >= 4 is 23.4 Å². The number of hydrogen-bond acceptors (Lipinski definition) is 5. The third-order valence-corrected chi connectivity index (χ3v) is 5.32. The van der Waals surface area contributed by atoms with E-state index >= 15 is 0 Å². The summed E-state index contributed by atoms with van der Waals surface area (Å²) in [5, 5.41) is 11.2. The lowest BCUT2D eigenvalue weighted by Gasteiger charge is -2.13. The maximum absolute atomic E-state index is 13.1. The van der Waals surface area contributed by atoms with Gasteiger partial charge in [0.2, 0.25) is 5.91 Å². The Bertz CT molecular complexity index is 1010. The third kappa shape index (κ3) is 6.31. The van der Waals surface area contributed by atoms with Crippen LogP contribution < -0.4 is 5.32 Å². The Morgan fingerprint density at radius 1 is 1.10 bits per heavy atom. The molecular weight excluding hydrogens is 429 g/mol. The molecule has 0 atom stereocenters. The molecule has 0 aliphatic rings. The summed E-state index contributed by atoms with van der Waals surface area (Å²) in [4.78, 5) is 12.3. The Hall–Kier alpha value is -2.85. The topological polar surface area (TPSA) is 69.0 Å². The van der Waals surface area contributed by atoms with Gasteiger partial charge in [-0.15, -0.1) is 10.2 Å². The van der Waals surface area contributed by atoms with Gasteiger partial charge in [0.15, 0.2) is 5.16 Å². The van der Waals surface area contributed by atoms with Crippen LogP contribution in [-0.2, 0) is 28.7 Å². The van der Waals surface area contributed by atoms with E-state index < -0.39 is 17.6 Å². The van der Waals surface area contributed by atoms with Crippen LogP contribution >= 0.6 is 11.8 Å². The number of amides is 1. The zero-order valence-electron chi connectivity index (χ0n) is 16.7. The van der Waals surface area contributed by atoms with Crippen molar-refractivity contribution in [2.24, 2.45) is 0 Å². The summed E-state index contributed by atoms with van der Waals surface area (Å²) in [6.07, 6.45) is -3.99. The van der Waals surface area contributed by atoms with Gasteiger partial charge >= 0.3 is 6.18 Å². The monoisotopic (exact) mass is 450 g/mol. The lowest BCUT2D eigenvalue weighted by Crippen LogP contribution is -2.18. The number of methoxy groups -OCH3 is 1. The van der Waals surface area contributed by atoms with E-state index in [-0.39, 0.29) is 11.4 Å². The summed E-state index contributed by atoms with van der Waals surface area (Å²) in [6.45, 7) is 0.922. The standard InChI is InChI=1S/C21H21F3N4O2S/c1-30-12-11-28-18(13-15-7-3-2-4-8-15)26-27-20(28)31-14-19(29)25-17-10-6-5-9-16(17)21(22,23)24/h2-10H,11-14H2,1H3,(H,25,29). The summed E-state index contributed by atoms with van der Waals surface area (Å²) >= 11 is 1.11. The van der Waals surface area contributed by atoms with Gasteiger partial charge in [0.25, 0.3) is 0 Å². The highest BCUT2D eigenvalue weighted by atomic mass is 32.2. The zero-order chi connectivity index (χ0) is 22.3. The van der Waals surface area contributed by atoms with Crippen molar-refractivity contribution in [3.8, 4) is 0 Å². The van der Waals surface area contributed by atoms with Crippen molar-refractivity contribution in [1.82, 2.24) is 14.8 Å². The van der Waals surface area contributed by atoms with Crippen molar-refractivity contribution in [3.63, 3.8) is 0 Å². The van der Waals surface area contributed by atoms with E-state index in [0.29, 0.717) is 30.6 Å². The van der Waals surface area contributed by atoms with E-state index in [9.17, 15) is 18.0 Å². The molecule has 31 heavy (non-hydrogen) atoms. The van der Waals surface area contributed by atoms with Crippen LogP contribution in [0, 0.1) is 0 Å². The normalized spacial score (nSPS) is 11.5. The highest BCUT2D eigenvalue weighted by molar-refractivity contribution is 7.99. The van der Waals surface area contributed by atoms with Crippen molar-refractivity contribution in [3.05, 3.63) is 71.5 Å². The summed E-state index contributed by atoms with van der Waals surface area (Å²) in [7, 11) is 1.58. The van der Waals surface area contributed by atoms with Crippen molar-refractivity contribution in [2.75, 3.05) is 24.8 Å². The molecule has 1 N–H and O–H groups in total. The maximum atomic E-state index is 13.1. The number of thioether (sulfide) groups is 1. The number of carbonyl (C=O) groups excluding carboxylic acids is 1. The molecule has 0 saturated heterocycles. The fraction of sp³-hybridized carbons (Fsp3) is 0.286. The molecule has 0 unspecified atom stereocenters. The van der Waals surface area contributed by atoms with E-state index in [2.05, 4.69) is 15.5 Å². The first-order valence-electron chi connectivity index (χ1n) is 9.42. The highest BCUT2D eigenvalue weighted by Crippen LogP contribution is 2.34. The molecule has 1 aromatic heterocycles. The van der Waals surface area contributed by atoms with E-state index in [1.807, 2.05) is 34.9 Å². The number of ether oxygens (including phenoxy) is 1. The molecule has 0 spiro atoms. The van der Waals surface area contributed by atoms with Gasteiger partial charge in [-0.1, -0.05) is 54.2 Å². The van der Waals surface area contributed by atoms with Crippen LogP contribution in [0.1, 0.15) is 17.0 Å². The van der Waals surface area contributed by atoms with Gasteiger partial charge < -0.3 is 14.6 Å². The fourth-order valence-corrected chi connectivity index (χ4v) is 3.68. The van der Waals surface area contributed by atoms with Gasteiger partial charge in [-0.25, -0.2) is 0 Å². The molecule has 0 fully saturated rings. The smallest absolute Gasteiger partial charge is 0.383 e. The predicted molar refractivity (Wildman–Crippen MR) is 112 cm³/mol. The molecule has 1 heterocycles. The molecule has 3 rings (SSSR count). The van der Waals surface area contributed by atoms with Gasteiger partial charge in [-0.05, 0) is 17.7 Å². The Morgan fingerprint density at radius 3 is 2.52 bits per heavy atom. The molecule has 2 aromatic carbocycles. The number of carbonyl (C=O) groups is 1. The SMILES string of the molecule is COCCn1c(Cc2ccccc2)nnc1SCC(=O)Nc1ccccc1C(F)(F)F. The first-order valence-corrected chi connectivity index (χ1v) is 10.4. The van der Waals surface area contributed by atoms with Crippen LogP contribution in [-0.4, -0.2) is 40.1 Å². The van der Waals surface area contributed by atoms with Crippen molar-refractivity contribution in [1.29, 1.82) is 0 Å². The van der Waals surface area contributed by atoms with Gasteiger partial charge in [0, 0.05) is 20.1 Å². The number of rotatable bonds is 9. The van der Waals surface area contributed by atoms with E-state index in [4.69, 9.17) is 4.74 Å². The van der Waals surface area contributed by atoms with Gasteiger partial charge in [-0.2, -0.15) is 13.2 Å². The number of hydrogen-bond donors (Lipinski definition) is 1. The minimum Gasteiger partial charge on any atom is -0.383 e. The highest BCUT2D eigenvalue weighted by Gasteiger charge is 2.33. The minimum atomic E-state index is -4.55. The summed E-state index contributed by atoms with van der Waals surface area (Å²) in [5.41, 5.74) is -0.0976. The Morgan fingerprint density at radius 2 is 1.81 bits per heavy atom. The quantitative estimate of drug-likeness (QED) is 0.493. The Labute approximate surface area is 181 Å². The lowest BCUT2D eigenvalue weighted by molar-refractivity contribution is -0.137. The van der Waals surface area contributed by atoms with Crippen LogP contribution in [0.25, 0.3) is 0 Å². The molecule has 10 heteroatoms. The minimum absolute atomic E-state index is 0.108. The molecule has 0 aliphatic carbocycles. The fourth-order valence-electron chi connectivity index (χ4n) is 2.90. The molecule has 0 bridgehead atoms. The number of halogens is 3. The number of para-hydroxylation sites is 1. The molecule has 6 nitrogen and oxygen atoms in total. The number of nitrogens with one attached hydrogen (secondary N) is 1. The average molecular weight is 450 g/mol. The first kappa shape index (κ1) is 22.8. The van der Waals surface area contributed by atoms with Crippen LogP contribution in [0.3, 0.4) is 0 Å². The number of anilines is 1. The van der Waals surface area contributed by atoms with Crippen LogP contribution in [0.15, 0.2) is 59.8 Å². The molecular formula is C21H21F3N4O2S. The molecule has 164 valence electrons. The average Bonchev–Trinajstić information content (AvgIpc) is 3.12. The Balaban J connectivity index is 1.69. The number of nitrogens with zero attached hydrogens (tertiary/aromatic N) is 3. The van der Waals surface area contributed by atoms with Crippen LogP contribution in [0.4, 0.5) is 18.9 Å². The predicted octanol–water partition coefficient (Wildman–Crippen LogP) is 4.26. The second-order valence-electron chi connectivity index (χ2n) is 6.59. The summed E-state index contributed by atoms with van der Waals surface area (Å²) in [5.74, 6) is 0.0454. The molecule has 3 aromatic rings. The maximum Gasteiger partial charge on any atom is 0.418 e. The van der Waals surface area contributed by atoms with Gasteiger partial charge in [-0.3, -0.25) is 4.79 Å². The number of alkyl halides is 3.